The Bertz CT molecular complexity index is 427. The van der Waals surface area contributed by atoms with Crippen molar-refractivity contribution >= 4 is 11.7 Å². The van der Waals surface area contributed by atoms with Crippen LogP contribution in [0.4, 0.5) is 14.5 Å². The smallest absolute Gasteiger partial charge is 0.335 e. The number of carboxylic acid groups (broad SMARTS) is 1. The van der Waals surface area contributed by atoms with E-state index in [-0.39, 0.29) is 16.8 Å². The van der Waals surface area contributed by atoms with Crippen LogP contribution >= 0.6 is 0 Å². The second-order valence-corrected chi connectivity index (χ2v) is 3.63. The van der Waals surface area contributed by atoms with Crippen molar-refractivity contribution in [1.82, 2.24) is 0 Å². The van der Waals surface area contributed by atoms with Gasteiger partial charge in [-0.3, -0.25) is 0 Å². The highest BCUT2D eigenvalue weighted by Gasteiger charge is 2.25. The lowest BCUT2D eigenvalue weighted by atomic mass is 10.0. The third-order valence-electron chi connectivity index (χ3n) is 1.97. The number of alkyl halides is 2. The first-order valence-corrected chi connectivity index (χ1v) is 4.43. The normalized spacial score (nSPS) is 11.4. The zero-order valence-corrected chi connectivity index (χ0v) is 8.50. The first kappa shape index (κ1) is 12.2. The van der Waals surface area contributed by atoms with Gasteiger partial charge in [0.1, 0.15) is 5.75 Å². The Hall–Kier alpha value is -1.85. The summed E-state index contributed by atoms with van der Waals surface area (Å²) in [4.78, 5) is 10.7. The number of nitrogen functional groups attached to an aromatic ring is 1. The fraction of sp³-hybridized carbons (Fsp3) is 0.300. The number of halogens is 2. The van der Waals surface area contributed by atoms with E-state index in [0.717, 1.165) is 12.1 Å². The van der Waals surface area contributed by atoms with Gasteiger partial charge in [-0.2, -0.15) is 0 Å². The molecule has 0 bridgehead atoms. The lowest BCUT2D eigenvalue weighted by Gasteiger charge is -2.13. The van der Waals surface area contributed by atoms with Gasteiger partial charge in [0.2, 0.25) is 5.92 Å². The molecular weight excluding hydrogens is 220 g/mol. The van der Waals surface area contributed by atoms with Gasteiger partial charge in [-0.1, -0.05) is 0 Å². The highest BCUT2D eigenvalue weighted by Crippen LogP contribution is 2.31. The zero-order valence-electron chi connectivity index (χ0n) is 8.50. The monoisotopic (exact) mass is 231 g/mol. The molecule has 1 aromatic carbocycles. The summed E-state index contributed by atoms with van der Waals surface area (Å²) in [6.07, 6.45) is -0.760. The Kier molecular flexibility index (Phi) is 3.02. The van der Waals surface area contributed by atoms with Crippen molar-refractivity contribution in [2.45, 2.75) is 19.3 Å². The molecule has 0 fully saturated rings. The molecule has 0 saturated carbocycles. The molecule has 4 N–H and O–H groups in total. The minimum Gasteiger partial charge on any atom is -0.505 e. The highest BCUT2D eigenvalue weighted by atomic mass is 19.3. The van der Waals surface area contributed by atoms with Gasteiger partial charge < -0.3 is 15.9 Å². The average molecular weight is 231 g/mol. The van der Waals surface area contributed by atoms with Crippen LogP contribution in [0.1, 0.15) is 22.8 Å². The molecule has 0 amide bonds. The van der Waals surface area contributed by atoms with Crippen LogP contribution in [-0.2, 0) is 6.42 Å². The third kappa shape index (κ3) is 2.82. The number of nitrogens with two attached hydrogens (primary N) is 1. The second-order valence-electron chi connectivity index (χ2n) is 3.63. The fourth-order valence-corrected chi connectivity index (χ4v) is 1.31. The average Bonchev–Trinajstić information content (AvgIpc) is 2.10. The number of rotatable bonds is 3. The summed E-state index contributed by atoms with van der Waals surface area (Å²) in [5, 5.41) is 18.1. The zero-order chi connectivity index (χ0) is 12.5. The molecule has 0 saturated heterocycles. The Morgan fingerprint density at radius 2 is 2.06 bits per heavy atom. The van der Waals surface area contributed by atoms with Crippen LogP contribution in [0, 0.1) is 0 Å². The number of aromatic carboxylic acids is 1. The number of carbonyl (C=O) groups is 1. The quantitative estimate of drug-likeness (QED) is 0.547. The van der Waals surface area contributed by atoms with Crippen molar-refractivity contribution in [3.63, 3.8) is 0 Å². The number of aromatic hydroxyl groups is 1. The summed E-state index contributed by atoms with van der Waals surface area (Å²) in [5.74, 6) is -4.82. The van der Waals surface area contributed by atoms with Gasteiger partial charge in [0.05, 0.1) is 11.3 Å². The molecule has 0 radical (unpaired) electrons. The van der Waals surface area contributed by atoms with Crippen molar-refractivity contribution in [3.8, 4) is 5.75 Å². The molecule has 0 aliphatic rings. The van der Waals surface area contributed by atoms with Gasteiger partial charge in [0, 0.05) is 12.0 Å². The Morgan fingerprint density at radius 1 is 1.50 bits per heavy atom. The van der Waals surface area contributed by atoms with Crippen molar-refractivity contribution < 1.29 is 23.8 Å². The molecule has 0 heterocycles. The summed E-state index contributed by atoms with van der Waals surface area (Å²) >= 11 is 0. The van der Waals surface area contributed by atoms with Crippen molar-refractivity contribution in [3.05, 3.63) is 23.3 Å². The number of benzene rings is 1. The maximum atomic E-state index is 12.8. The van der Waals surface area contributed by atoms with E-state index in [1.54, 1.807) is 0 Å². The summed E-state index contributed by atoms with van der Waals surface area (Å²) in [5.41, 5.74) is 4.69. The standard InChI is InChI=1S/C10H11F2NO3/c1-10(11,12)4-6-2-5(9(15)16)3-7(13)8(6)14/h2-3,14H,4,13H2,1H3,(H,15,16). The second kappa shape index (κ2) is 3.96. The van der Waals surface area contributed by atoms with E-state index in [2.05, 4.69) is 0 Å². The lowest BCUT2D eigenvalue weighted by molar-refractivity contribution is 0.0220. The van der Waals surface area contributed by atoms with E-state index in [0.29, 0.717) is 6.92 Å². The van der Waals surface area contributed by atoms with Crippen LogP contribution in [0.25, 0.3) is 0 Å². The molecule has 16 heavy (non-hydrogen) atoms. The Morgan fingerprint density at radius 3 is 2.50 bits per heavy atom. The Balaban J connectivity index is 3.22. The third-order valence-corrected chi connectivity index (χ3v) is 1.97. The summed E-state index contributed by atoms with van der Waals surface area (Å²) < 4.78 is 25.5. The number of hydrogen-bond acceptors (Lipinski definition) is 3. The minimum atomic E-state index is -3.04. The molecule has 0 atom stereocenters. The highest BCUT2D eigenvalue weighted by molar-refractivity contribution is 5.89. The molecule has 0 aliphatic carbocycles. The SMILES string of the molecule is CC(F)(F)Cc1cc(C(=O)O)cc(N)c1O. The van der Waals surface area contributed by atoms with Gasteiger partial charge in [0.15, 0.2) is 0 Å². The molecule has 6 heteroatoms. The maximum absolute atomic E-state index is 12.8. The van der Waals surface area contributed by atoms with Crippen LogP contribution < -0.4 is 5.73 Å². The van der Waals surface area contributed by atoms with E-state index in [1.807, 2.05) is 0 Å². The summed E-state index contributed by atoms with van der Waals surface area (Å²) in [6, 6.07) is 2.01. The molecule has 1 rings (SSSR count). The first-order chi connectivity index (χ1) is 7.20. The number of carboxylic acids is 1. The van der Waals surface area contributed by atoms with Gasteiger partial charge in [-0.15, -0.1) is 0 Å². The predicted octanol–water partition coefficient (Wildman–Crippen LogP) is 1.87. The van der Waals surface area contributed by atoms with Crippen molar-refractivity contribution in [2.75, 3.05) is 5.73 Å². The molecule has 1 aromatic rings. The molecular formula is C10H11F2NO3. The van der Waals surface area contributed by atoms with Crippen LogP contribution in [0.3, 0.4) is 0 Å². The minimum absolute atomic E-state index is 0.176. The van der Waals surface area contributed by atoms with E-state index in [1.165, 1.54) is 0 Å². The van der Waals surface area contributed by atoms with Gasteiger partial charge >= 0.3 is 5.97 Å². The van der Waals surface area contributed by atoms with Crippen molar-refractivity contribution in [1.29, 1.82) is 0 Å². The number of anilines is 1. The lowest BCUT2D eigenvalue weighted by Crippen LogP contribution is -2.14. The fourth-order valence-electron chi connectivity index (χ4n) is 1.31. The Labute approximate surface area is 90.3 Å². The number of phenols is 1. The molecule has 88 valence electrons. The van der Waals surface area contributed by atoms with Gasteiger partial charge in [0.25, 0.3) is 0 Å². The first-order valence-electron chi connectivity index (χ1n) is 4.43. The summed E-state index contributed by atoms with van der Waals surface area (Å²) in [7, 11) is 0. The van der Waals surface area contributed by atoms with Gasteiger partial charge in [-0.05, 0) is 19.1 Å². The topological polar surface area (TPSA) is 83.5 Å². The van der Waals surface area contributed by atoms with Gasteiger partial charge in [-0.25, -0.2) is 13.6 Å². The van der Waals surface area contributed by atoms with Crippen LogP contribution in [0.5, 0.6) is 5.75 Å². The van der Waals surface area contributed by atoms with E-state index in [9.17, 15) is 18.7 Å². The number of hydrogen-bond donors (Lipinski definition) is 3. The molecule has 0 aromatic heterocycles. The van der Waals surface area contributed by atoms with E-state index < -0.39 is 24.1 Å². The molecule has 0 aliphatic heterocycles. The van der Waals surface area contributed by atoms with Crippen LogP contribution in [0.15, 0.2) is 12.1 Å². The molecule has 0 unspecified atom stereocenters. The van der Waals surface area contributed by atoms with E-state index >= 15 is 0 Å². The van der Waals surface area contributed by atoms with E-state index in [4.69, 9.17) is 10.8 Å². The van der Waals surface area contributed by atoms with Crippen LogP contribution in [0.2, 0.25) is 0 Å². The maximum Gasteiger partial charge on any atom is 0.335 e. The summed E-state index contributed by atoms with van der Waals surface area (Å²) in [6.45, 7) is 0.677. The molecule has 4 nitrogen and oxygen atoms in total. The molecule has 0 spiro atoms. The van der Waals surface area contributed by atoms with Crippen molar-refractivity contribution in [2.24, 2.45) is 0 Å². The number of phenolic OH excluding ortho intramolecular Hbond substituents is 1. The van der Waals surface area contributed by atoms with Crippen LogP contribution in [-0.4, -0.2) is 22.1 Å². The predicted molar refractivity (Wildman–Crippen MR) is 53.8 cm³/mol. The largest absolute Gasteiger partial charge is 0.505 e.